The molecule has 5 aromatic rings. The molecule has 3 atom stereocenters. The summed E-state index contributed by atoms with van der Waals surface area (Å²) in [5.41, 5.74) is 6.59. The first kappa shape index (κ1) is 28.1. The Bertz CT molecular complexity index is 2010. The Labute approximate surface area is 260 Å². The fourth-order valence-corrected chi connectivity index (χ4v) is 7.55. The fourth-order valence-electron chi connectivity index (χ4n) is 7.55. The summed E-state index contributed by atoms with van der Waals surface area (Å²) >= 11 is 0. The summed E-state index contributed by atoms with van der Waals surface area (Å²) in [6.45, 7) is 2.70. The lowest BCUT2D eigenvalue weighted by atomic mass is 9.77. The monoisotopic (exact) mass is 609 g/mol. The molecule has 0 saturated heterocycles. The first-order chi connectivity index (χ1) is 21.8. The van der Waals surface area contributed by atoms with Crippen molar-refractivity contribution in [1.29, 1.82) is 0 Å². The van der Waals surface area contributed by atoms with Crippen LogP contribution >= 0.6 is 0 Å². The molecule has 2 fully saturated rings. The zero-order chi connectivity index (χ0) is 31.0. The Kier molecular flexibility index (Phi) is 6.46. The number of hydrogen-bond donors (Lipinski definition) is 2. The van der Waals surface area contributed by atoms with E-state index in [2.05, 4.69) is 46.6 Å². The van der Waals surface area contributed by atoms with Gasteiger partial charge in [0.15, 0.2) is 0 Å². The standard InChI is InChI=1S/C34H39N7O4/c1-34(37-31(42)21-11-12-21)14-13-22-16-25(34)45-15-5-6-19-7-9-20(10-8-19)26-27-29-24(40(3)33(43)41(22)29)17-35-30(27)36-28(26)23-18-39(2)38-32(23)44-4/h7-10,17-18,21-22,25H,5-6,11-16H2,1-4H3,(H,35,36)(H,37,42)/t22-,25?,34+/m0/s1. The zero-order valence-corrected chi connectivity index (χ0v) is 26.2. The second kappa shape index (κ2) is 10.3. The molecule has 2 aliphatic carbocycles. The second-order valence-corrected chi connectivity index (χ2v) is 13.3. The van der Waals surface area contributed by atoms with Crippen molar-refractivity contribution in [3.63, 3.8) is 0 Å². The summed E-state index contributed by atoms with van der Waals surface area (Å²) in [7, 11) is 5.31. The lowest BCUT2D eigenvalue weighted by molar-refractivity contribution is -0.128. The molecule has 6 heterocycles. The molecule has 4 bridgehead atoms. The van der Waals surface area contributed by atoms with E-state index in [-0.39, 0.29) is 29.7 Å². The third-order valence-electron chi connectivity index (χ3n) is 10.2. The van der Waals surface area contributed by atoms with Gasteiger partial charge in [-0.1, -0.05) is 24.3 Å². The molecule has 2 saturated carbocycles. The minimum Gasteiger partial charge on any atom is -0.479 e. The number of pyridine rings is 1. The van der Waals surface area contributed by atoms with E-state index in [0.29, 0.717) is 31.0 Å². The van der Waals surface area contributed by atoms with E-state index in [1.807, 2.05) is 24.9 Å². The van der Waals surface area contributed by atoms with Gasteiger partial charge in [-0.15, -0.1) is 5.10 Å². The Morgan fingerprint density at radius 3 is 2.73 bits per heavy atom. The number of ether oxygens (including phenoxy) is 2. The van der Waals surface area contributed by atoms with E-state index in [0.717, 1.165) is 70.9 Å². The minimum absolute atomic E-state index is 0.0824. The van der Waals surface area contributed by atoms with Crippen molar-refractivity contribution in [2.45, 2.75) is 69.6 Å². The second-order valence-electron chi connectivity index (χ2n) is 13.3. The number of carbonyl (C=O) groups excluding carboxylic acids is 1. The molecule has 2 N–H and O–H groups in total. The fraction of sp³-hybridized carbons (Fsp3) is 0.471. The van der Waals surface area contributed by atoms with Gasteiger partial charge in [0.25, 0.3) is 0 Å². The summed E-state index contributed by atoms with van der Waals surface area (Å²) in [5, 5.41) is 8.80. The van der Waals surface area contributed by atoms with Gasteiger partial charge in [0.2, 0.25) is 11.8 Å². The van der Waals surface area contributed by atoms with E-state index < -0.39 is 5.54 Å². The molecule has 1 amide bonds. The highest BCUT2D eigenvalue weighted by molar-refractivity contribution is 6.14. The number of aryl methyl sites for hydroxylation is 3. The maximum absolute atomic E-state index is 14.2. The summed E-state index contributed by atoms with van der Waals surface area (Å²) < 4.78 is 17.7. The number of methoxy groups -OCH3 is 1. The van der Waals surface area contributed by atoms with Crippen LogP contribution < -0.4 is 15.7 Å². The molecule has 234 valence electrons. The van der Waals surface area contributed by atoms with Crippen LogP contribution in [0.15, 0.2) is 41.5 Å². The molecule has 11 nitrogen and oxygen atoms in total. The van der Waals surface area contributed by atoms with Crippen molar-refractivity contribution in [2.24, 2.45) is 20.0 Å². The molecule has 0 spiro atoms. The Morgan fingerprint density at radius 2 is 1.98 bits per heavy atom. The predicted molar refractivity (Wildman–Crippen MR) is 171 cm³/mol. The summed E-state index contributed by atoms with van der Waals surface area (Å²) in [4.78, 5) is 35.6. The number of imidazole rings is 1. The quantitative estimate of drug-likeness (QED) is 0.307. The SMILES string of the molecule is COc1nn(C)cc1-c1[nH]c2ncc3c4c2c1-c1ccc(cc1)CCCOC1C[C@H](CC[C@@]1(C)NC(=O)C1CC1)n4c(=O)n3C. The number of rotatable bonds is 4. The van der Waals surface area contributed by atoms with Crippen LogP contribution in [0.1, 0.15) is 57.1 Å². The normalized spacial score (nSPS) is 23.4. The highest BCUT2D eigenvalue weighted by atomic mass is 16.5. The maximum Gasteiger partial charge on any atom is 0.329 e. The van der Waals surface area contributed by atoms with E-state index >= 15 is 0 Å². The van der Waals surface area contributed by atoms with E-state index in [9.17, 15) is 9.59 Å². The highest BCUT2D eigenvalue weighted by Gasteiger charge is 2.45. The number of hydrogen-bond acceptors (Lipinski definition) is 6. The van der Waals surface area contributed by atoms with Gasteiger partial charge in [0.1, 0.15) is 5.65 Å². The summed E-state index contributed by atoms with van der Waals surface area (Å²) in [6.07, 6.45) is 9.22. The molecule has 1 unspecified atom stereocenters. The number of nitrogens with one attached hydrogen (secondary N) is 2. The molecule has 0 radical (unpaired) electrons. The van der Waals surface area contributed by atoms with Crippen molar-refractivity contribution in [2.75, 3.05) is 13.7 Å². The van der Waals surface area contributed by atoms with Crippen LogP contribution in [0, 0.1) is 5.92 Å². The highest BCUT2D eigenvalue weighted by Crippen LogP contribution is 2.45. The van der Waals surface area contributed by atoms with Crippen molar-refractivity contribution in [3.8, 4) is 28.3 Å². The number of benzene rings is 1. The third kappa shape index (κ3) is 4.50. The van der Waals surface area contributed by atoms with Crippen molar-refractivity contribution < 1.29 is 14.3 Å². The van der Waals surface area contributed by atoms with Crippen molar-refractivity contribution >= 4 is 28.0 Å². The lowest BCUT2D eigenvalue weighted by Crippen LogP contribution is -2.59. The van der Waals surface area contributed by atoms with E-state index in [1.165, 1.54) is 5.56 Å². The molecule has 11 heteroatoms. The van der Waals surface area contributed by atoms with Crippen molar-refractivity contribution in [1.82, 2.24) is 34.2 Å². The van der Waals surface area contributed by atoms with Gasteiger partial charge in [-0.2, -0.15) is 0 Å². The van der Waals surface area contributed by atoms with Gasteiger partial charge < -0.3 is 19.8 Å². The average Bonchev–Trinajstić information content (AvgIpc) is 3.65. The molecular weight excluding hydrogens is 570 g/mol. The van der Waals surface area contributed by atoms with E-state index in [1.54, 1.807) is 22.6 Å². The third-order valence-corrected chi connectivity index (χ3v) is 10.2. The Hall–Kier alpha value is -4.38. The molecule has 9 rings (SSSR count). The van der Waals surface area contributed by atoms with Gasteiger partial charge in [-0.05, 0) is 63.0 Å². The minimum atomic E-state index is -0.500. The van der Waals surface area contributed by atoms with Gasteiger partial charge in [0, 0.05) is 44.4 Å². The number of nitrogens with zero attached hydrogens (tertiary/aromatic N) is 5. The Morgan fingerprint density at radius 1 is 1.18 bits per heavy atom. The molecule has 2 aliphatic heterocycles. The number of amides is 1. The van der Waals surface area contributed by atoms with Crippen LogP contribution in [0.5, 0.6) is 5.88 Å². The van der Waals surface area contributed by atoms with Crippen LogP contribution in [0.25, 0.3) is 44.5 Å². The van der Waals surface area contributed by atoms with Gasteiger partial charge in [-0.25, -0.2) is 9.78 Å². The van der Waals surface area contributed by atoms with Crippen LogP contribution in [0.3, 0.4) is 0 Å². The number of carbonyl (C=O) groups is 1. The van der Waals surface area contributed by atoms with Crippen LogP contribution in [0.4, 0.5) is 0 Å². The number of fused-ring (bicyclic) bond motifs is 5. The van der Waals surface area contributed by atoms with Gasteiger partial charge >= 0.3 is 5.69 Å². The molecule has 1 aromatic carbocycles. The Balaban J connectivity index is 1.37. The molecule has 4 aromatic heterocycles. The maximum atomic E-state index is 14.2. The summed E-state index contributed by atoms with van der Waals surface area (Å²) in [6, 6.07) is 8.52. The first-order valence-corrected chi connectivity index (χ1v) is 16.0. The number of aromatic amines is 1. The molecule has 45 heavy (non-hydrogen) atoms. The first-order valence-electron chi connectivity index (χ1n) is 16.0. The van der Waals surface area contributed by atoms with Gasteiger partial charge in [-0.3, -0.25) is 18.6 Å². The molecular formula is C34H39N7O4. The van der Waals surface area contributed by atoms with Gasteiger partial charge in [0.05, 0.1) is 52.6 Å². The summed E-state index contributed by atoms with van der Waals surface area (Å²) in [5.74, 6) is 0.751. The smallest absolute Gasteiger partial charge is 0.329 e. The predicted octanol–water partition coefficient (Wildman–Crippen LogP) is 4.63. The van der Waals surface area contributed by atoms with E-state index in [4.69, 9.17) is 14.5 Å². The van der Waals surface area contributed by atoms with Crippen LogP contribution in [0.2, 0.25) is 0 Å². The van der Waals surface area contributed by atoms with Crippen LogP contribution in [-0.2, 0) is 30.0 Å². The average molecular weight is 610 g/mol. The number of aromatic nitrogens is 6. The lowest BCUT2D eigenvalue weighted by Gasteiger charge is -2.45. The van der Waals surface area contributed by atoms with Crippen LogP contribution in [-0.4, -0.2) is 60.1 Å². The van der Waals surface area contributed by atoms with Crippen molar-refractivity contribution in [3.05, 3.63) is 52.7 Å². The molecule has 4 aliphatic rings. The zero-order valence-electron chi connectivity index (χ0n) is 26.2. The topological polar surface area (TPSA) is 121 Å². The largest absolute Gasteiger partial charge is 0.479 e. The number of H-pyrrole nitrogens is 1.